The molecule has 1 aliphatic heterocycles. The first-order valence-electron chi connectivity index (χ1n) is 8.09. The lowest BCUT2D eigenvalue weighted by molar-refractivity contribution is -0.140. The molecular weight excluding hydrogens is 397 g/mol. The van der Waals surface area contributed by atoms with E-state index in [0.717, 1.165) is 0 Å². The van der Waals surface area contributed by atoms with Gasteiger partial charge >= 0.3 is 5.97 Å². The molecular formula is C18H17Cl2NO4S. The molecule has 1 heterocycles. The molecule has 0 unspecified atom stereocenters. The van der Waals surface area contributed by atoms with Gasteiger partial charge in [-0.05, 0) is 55.3 Å². The summed E-state index contributed by atoms with van der Waals surface area (Å²) in [6, 6.07) is 12.7. The average molecular weight is 414 g/mol. The molecule has 0 aromatic heterocycles. The molecule has 138 valence electrons. The molecule has 0 aliphatic carbocycles. The summed E-state index contributed by atoms with van der Waals surface area (Å²) in [4.78, 5) is 12.5. The molecule has 3 rings (SSSR count). The number of rotatable bonds is 4. The fourth-order valence-corrected chi connectivity index (χ4v) is 4.59. The number of carbonyl (C=O) groups excluding carboxylic acids is 1. The first kappa shape index (κ1) is 19.2. The van der Waals surface area contributed by atoms with E-state index in [4.69, 9.17) is 27.9 Å². The minimum atomic E-state index is -3.59. The lowest BCUT2D eigenvalue weighted by Gasteiger charge is -2.30. The molecule has 1 aliphatic rings. The zero-order valence-corrected chi connectivity index (χ0v) is 16.1. The number of sulfonamides is 1. The largest absolute Gasteiger partial charge is 0.426 e. The number of ether oxygens (including phenoxy) is 1. The van der Waals surface area contributed by atoms with Crippen molar-refractivity contribution in [2.75, 3.05) is 13.1 Å². The molecule has 0 radical (unpaired) electrons. The number of benzene rings is 2. The first-order chi connectivity index (χ1) is 12.4. The van der Waals surface area contributed by atoms with E-state index in [1.54, 1.807) is 36.4 Å². The average Bonchev–Trinajstić information content (AvgIpc) is 2.62. The predicted molar refractivity (Wildman–Crippen MR) is 100 cm³/mol. The van der Waals surface area contributed by atoms with Gasteiger partial charge in [0.15, 0.2) is 0 Å². The molecule has 0 amide bonds. The smallest absolute Gasteiger partial charge is 0.314 e. The Hall–Kier alpha value is -1.60. The van der Waals surface area contributed by atoms with Crippen LogP contribution in [-0.4, -0.2) is 31.8 Å². The number of esters is 1. The van der Waals surface area contributed by atoms with E-state index < -0.39 is 10.0 Å². The van der Waals surface area contributed by atoms with Crippen molar-refractivity contribution in [1.82, 2.24) is 4.31 Å². The topological polar surface area (TPSA) is 63.7 Å². The SMILES string of the molecule is O=C(Oc1cccc(Cl)c1)C1CCN(S(=O)(=O)c2ccc(Cl)cc2)CC1. The standard InChI is InChI=1S/C18H17Cl2NO4S/c19-14-4-6-17(7-5-14)26(23,24)21-10-8-13(9-11-21)18(22)25-16-3-1-2-15(20)12-16/h1-7,12-13H,8-11H2. The van der Waals surface area contributed by atoms with Crippen molar-refractivity contribution in [2.45, 2.75) is 17.7 Å². The molecule has 0 saturated carbocycles. The lowest BCUT2D eigenvalue weighted by atomic mass is 9.98. The van der Waals surface area contributed by atoms with Crippen molar-refractivity contribution >= 4 is 39.2 Å². The van der Waals surface area contributed by atoms with E-state index in [1.807, 2.05) is 0 Å². The number of nitrogens with zero attached hydrogens (tertiary/aromatic N) is 1. The number of carbonyl (C=O) groups is 1. The Kier molecular flexibility index (Phi) is 5.87. The summed E-state index contributed by atoms with van der Waals surface area (Å²) in [5.41, 5.74) is 0. The Morgan fingerprint density at radius 1 is 1.00 bits per heavy atom. The van der Waals surface area contributed by atoms with Gasteiger partial charge in [0, 0.05) is 23.1 Å². The Morgan fingerprint density at radius 2 is 1.65 bits per heavy atom. The summed E-state index contributed by atoms with van der Waals surface area (Å²) in [6.45, 7) is 0.528. The van der Waals surface area contributed by atoms with Crippen molar-refractivity contribution in [3.05, 3.63) is 58.6 Å². The van der Waals surface area contributed by atoms with Gasteiger partial charge in [0.05, 0.1) is 10.8 Å². The third-order valence-electron chi connectivity index (χ3n) is 4.25. The molecule has 26 heavy (non-hydrogen) atoms. The molecule has 0 spiro atoms. The maximum Gasteiger partial charge on any atom is 0.314 e. The Bertz CT molecular complexity index is 892. The van der Waals surface area contributed by atoms with Crippen molar-refractivity contribution < 1.29 is 17.9 Å². The number of piperidine rings is 1. The van der Waals surface area contributed by atoms with Crippen molar-refractivity contribution in [1.29, 1.82) is 0 Å². The van der Waals surface area contributed by atoms with E-state index in [-0.39, 0.29) is 29.9 Å². The fraction of sp³-hybridized carbons (Fsp3) is 0.278. The van der Waals surface area contributed by atoms with Crippen LogP contribution in [0.3, 0.4) is 0 Å². The van der Waals surface area contributed by atoms with Gasteiger partial charge in [0.2, 0.25) is 10.0 Å². The monoisotopic (exact) mass is 413 g/mol. The maximum atomic E-state index is 12.7. The van der Waals surface area contributed by atoms with Crippen LogP contribution < -0.4 is 4.74 Å². The second-order valence-corrected chi connectivity index (χ2v) is 8.82. The summed E-state index contributed by atoms with van der Waals surface area (Å²) in [7, 11) is -3.59. The summed E-state index contributed by atoms with van der Waals surface area (Å²) in [6.07, 6.45) is 0.818. The molecule has 0 atom stereocenters. The van der Waals surface area contributed by atoms with Gasteiger partial charge in [0.25, 0.3) is 0 Å². The van der Waals surface area contributed by atoms with Crippen molar-refractivity contribution in [3.8, 4) is 5.75 Å². The minimum Gasteiger partial charge on any atom is -0.426 e. The Morgan fingerprint density at radius 3 is 2.27 bits per heavy atom. The van der Waals surface area contributed by atoms with Gasteiger partial charge in [-0.15, -0.1) is 0 Å². The third-order valence-corrected chi connectivity index (χ3v) is 6.65. The van der Waals surface area contributed by atoms with Crippen LogP contribution >= 0.6 is 23.2 Å². The Labute approximate surface area is 162 Å². The summed E-state index contributed by atoms with van der Waals surface area (Å²) in [5.74, 6) is -0.319. The van der Waals surface area contributed by atoms with Gasteiger partial charge in [0.1, 0.15) is 5.75 Å². The number of halogens is 2. The summed E-state index contributed by atoms with van der Waals surface area (Å²) < 4.78 is 32.0. The number of hydrogen-bond acceptors (Lipinski definition) is 4. The molecule has 0 bridgehead atoms. The van der Waals surface area contributed by atoms with Gasteiger partial charge in [-0.25, -0.2) is 8.42 Å². The fourth-order valence-electron chi connectivity index (χ4n) is 2.82. The molecule has 0 N–H and O–H groups in total. The van der Waals surface area contributed by atoms with E-state index in [9.17, 15) is 13.2 Å². The van der Waals surface area contributed by atoms with Crippen LogP contribution in [0.4, 0.5) is 0 Å². The highest BCUT2D eigenvalue weighted by Gasteiger charge is 2.33. The molecule has 2 aromatic carbocycles. The van der Waals surface area contributed by atoms with Crippen LogP contribution in [-0.2, 0) is 14.8 Å². The van der Waals surface area contributed by atoms with Crippen LogP contribution in [0.5, 0.6) is 5.75 Å². The van der Waals surface area contributed by atoms with Gasteiger partial charge in [-0.1, -0.05) is 29.3 Å². The lowest BCUT2D eigenvalue weighted by Crippen LogP contribution is -2.41. The van der Waals surface area contributed by atoms with E-state index in [2.05, 4.69) is 0 Å². The van der Waals surface area contributed by atoms with Crippen LogP contribution in [0.1, 0.15) is 12.8 Å². The summed E-state index contributed by atoms with van der Waals surface area (Å²) >= 11 is 11.7. The predicted octanol–water partition coefficient (Wildman–Crippen LogP) is 4.00. The van der Waals surface area contributed by atoms with Gasteiger partial charge in [-0.2, -0.15) is 4.31 Å². The quantitative estimate of drug-likeness (QED) is 0.561. The molecule has 2 aromatic rings. The molecule has 8 heteroatoms. The minimum absolute atomic E-state index is 0.196. The van der Waals surface area contributed by atoms with Crippen LogP contribution in [0.25, 0.3) is 0 Å². The maximum absolute atomic E-state index is 12.7. The molecule has 1 saturated heterocycles. The summed E-state index contributed by atoms with van der Waals surface area (Å²) in [5, 5.41) is 0.964. The highest BCUT2D eigenvalue weighted by molar-refractivity contribution is 7.89. The van der Waals surface area contributed by atoms with Gasteiger partial charge in [-0.3, -0.25) is 4.79 Å². The highest BCUT2D eigenvalue weighted by Crippen LogP contribution is 2.26. The normalized spacial score (nSPS) is 16.4. The van der Waals surface area contributed by atoms with Crippen molar-refractivity contribution in [2.24, 2.45) is 5.92 Å². The van der Waals surface area contributed by atoms with Gasteiger partial charge < -0.3 is 4.74 Å². The van der Waals surface area contributed by atoms with E-state index >= 15 is 0 Å². The zero-order chi connectivity index (χ0) is 18.7. The van der Waals surface area contributed by atoms with E-state index in [1.165, 1.54) is 16.4 Å². The second kappa shape index (κ2) is 7.96. The van der Waals surface area contributed by atoms with Crippen molar-refractivity contribution in [3.63, 3.8) is 0 Å². The number of hydrogen-bond donors (Lipinski definition) is 0. The second-order valence-electron chi connectivity index (χ2n) is 6.01. The van der Waals surface area contributed by atoms with Crippen LogP contribution in [0.15, 0.2) is 53.4 Å². The molecule has 1 fully saturated rings. The first-order valence-corrected chi connectivity index (χ1v) is 10.3. The van der Waals surface area contributed by atoms with Crippen LogP contribution in [0.2, 0.25) is 10.0 Å². The highest BCUT2D eigenvalue weighted by atomic mass is 35.5. The van der Waals surface area contributed by atoms with E-state index in [0.29, 0.717) is 28.6 Å². The zero-order valence-electron chi connectivity index (χ0n) is 13.8. The third kappa shape index (κ3) is 4.38. The van der Waals surface area contributed by atoms with Crippen LogP contribution in [0, 0.1) is 5.92 Å². The molecule has 5 nitrogen and oxygen atoms in total. The Balaban J connectivity index is 1.61.